The first-order valence-electron chi connectivity index (χ1n) is 5.05. The van der Waals surface area contributed by atoms with E-state index in [9.17, 15) is 0 Å². The maximum Gasteiger partial charge on any atom is 0.0626 e. The average Bonchev–Trinajstić information content (AvgIpc) is 2.39. The van der Waals surface area contributed by atoms with E-state index >= 15 is 0 Å². The molecule has 78 valence electrons. The lowest BCUT2D eigenvalue weighted by Gasteiger charge is -2.25. The van der Waals surface area contributed by atoms with E-state index in [1.54, 1.807) is 0 Å². The zero-order valence-corrected chi connectivity index (χ0v) is 10.5. The van der Waals surface area contributed by atoms with Crippen LogP contribution in [-0.4, -0.2) is 22.5 Å². The van der Waals surface area contributed by atoms with Gasteiger partial charge in [0.05, 0.1) is 28.2 Å². The smallest absolute Gasteiger partial charge is 0.0626 e. The second-order valence-corrected chi connectivity index (χ2v) is 4.90. The van der Waals surface area contributed by atoms with Gasteiger partial charge in [-0.25, -0.2) is 0 Å². The highest BCUT2D eigenvalue weighted by Gasteiger charge is 2.17. The Kier molecular flexibility index (Phi) is 3.43. The third-order valence-corrected chi connectivity index (χ3v) is 3.66. The van der Waals surface area contributed by atoms with Gasteiger partial charge in [-0.05, 0) is 41.9 Å². The maximum absolute atomic E-state index is 5.72. The zero-order chi connectivity index (χ0) is 9.97. The largest absolute Gasteiger partial charge is 0.378 e. The molecule has 2 rings (SSSR count). The Balaban J connectivity index is 1.79. The van der Waals surface area contributed by atoms with Crippen LogP contribution in [0.5, 0.6) is 0 Å². The fourth-order valence-corrected chi connectivity index (χ4v) is 2.32. The molecule has 1 aliphatic carbocycles. The van der Waals surface area contributed by atoms with Crippen molar-refractivity contribution in [2.24, 2.45) is 7.05 Å². The molecule has 0 aliphatic heterocycles. The van der Waals surface area contributed by atoms with Crippen LogP contribution in [0.2, 0.25) is 0 Å². The normalized spacial score (nSPS) is 17.0. The summed E-state index contributed by atoms with van der Waals surface area (Å²) < 4.78 is 8.89. The number of hydrogen-bond acceptors (Lipinski definition) is 2. The summed E-state index contributed by atoms with van der Waals surface area (Å²) in [5.74, 6) is 0. The van der Waals surface area contributed by atoms with Crippen molar-refractivity contribution in [3.8, 4) is 0 Å². The Labute approximate surface area is 98.0 Å². The quantitative estimate of drug-likeness (QED) is 0.797. The lowest BCUT2D eigenvalue weighted by Crippen LogP contribution is -2.22. The van der Waals surface area contributed by atoms with E-state index in [2.05, 4.69) is 27.7 Å². The number of nitrogens with zero attached hydrogens (tertiary/aromatic N) is 2. The van der Waals surface area contributed by atoms with Crippen LogP contribution in [0, 0.1) is 3.57 Å². The molecule has 1 aliphatic rings. The first kappa shape index (κ1) is 10.4. The molecule has 0 unspecified atom stereocenters. The number of ether oxygens (including phenoxy) is 1. The molecule has 14 heavy (non-hydrogen) atoms. The fraction of sp³-hybridized carbons (Fsp3) is 0.700. The van der Waals surface area contributed by atoms with Gasteiger partial charge in [-0.3, -0.25) is 4.68 Å². The van der Waals surface area contributed by atoms with E-state index in [0.29, 0.717) is 6.10 Å². The van der Waals surface area contributed by atoms with Gasteiger partial charge in [0.1, 0.15) is 0 Å². The molecule has 0 saturated heterocycles. The van der Waals surface area contributed by atoms with Crippen LogP contribution >= 0.6 is 22.6 Å². The maximum atomic E-state index is 5.72. The molecule has 1 saturated carbocycles. The van der Waals surface area contributed by atoms with E-state index in [1.807, 2.05) is 17.9 Å². The van der Waals surface area contributed by atoms with Crippen molar-refractivity contribution >= 4 is 22.6 Å². The minimum absolute atomic E-state index is 0.542. The summed E-state index contributed by atoms with van der Waals surface area (Å²) in [4.78, 5) is 0. The SMILES string of the molecule is Cn1ncc(I)c1CCOC1CCC1. The van der Waals surface area contributed by atoms with Crippen molar-refractivity contribution < 1.29 is 4.74 Å². The number of hydrogen-bond donors (Lipinski definition) is 0. The lowest BCUT2D eigenvalue weighted by molar-refractivity contribution is 0.00356. The summed E-state index contributed by atoms with van der Waals surface area (Å²) in [6.07, 6.45) is 7.27. The Morgan fingerprint density at radius 3 is 2.93 bits per heavy atom. The highest BCUT2D eigenvalue weighted by atomic mass is 127. The zero-order valence-electron chi connectivity index (χ0n) is 8.37. The van der Waals surface area contributed by atoms with Crippen molar-refractivity contribution in [3.63, 3.8) is 0 Å². The molecule has 0 aromatic carbocycles. The van der Waals surface area contributed by atoms with Crippen molar-refractivity contribution in [3.05, 3.63) is 15.5 Å². The van der Waals surface area contributed by atoms with E-state index in [-0.39, 0.29) is 0 Å². The predicted octanol–water partition coefficient (Wildman–Crippen LogP) is 2.14. The number of aryl methyl sites for hydroxylation is 1. The Morgan fingerprint density at radius 1 is 1.64 bits per heavy atom. The topological polar surface area (TPSA) is 27.1 Å². The van der Waals surface area contributed by atoms with Crippen LogP contribution in [0.15, 0.2) is 6.20 Å². The molecule has 0 N–H and O–H groups in total. The van der Waals surface area contributed by atoms with E-state index < -0.39 is 0 Å². The van der Waals surface area contributed by atoms with Crippen molar-refractivity contribution in [1.82, 2.24) is 9.78 Å². The van der Waals surface area contributed by atoms with Crippen molar-refractivity contribution in [2.45, 2.75) is 31.8 Å². The Morgan fingerprint density at radius 2 is 2.43 bits per heavy atom. The highest BCUT2D eigenvalue weighted by molar-refractivity contribution is 14.1. The summed E-state index contributed by atoms with van der Waals surface area (Å²) in [5, 5.41) is 4.20. The predicted molar refractivity (Wildman–Crippen MR) is 63.2 cm³/mol. The standard InChI is InChI=1S/C10H15IN2O/c1-13-10(9(11)7-12-13)5-6-14-8-3-2-4-8/h7-8H,2-6H2,1H3. The van der Waals surface area contributed by atoms with Gasteiger partial charge in [0.15, 0.2) is 0 Å². The van der Waals surface area contributed by atoms with Crippen LogP contribution in [0.4, 0.5) is 0 Å². The molecule has 1 aromatic heterocycles. The summed E-state index contributed by atoms with van der Waals surface area (Å²) >= 11 is 2.32. The molecule has 0 radical (unpaired) electrons. The molecule has 1 heterocycles. The number of halogens is 1. The van der Waals surface area contributed by atoms with E-state index in [1.165, 1.54) is 28.5 Å². The van der Waals surface area contributed by atoms with Gasteiger partial charge < -0.3 is 4.74 Å². The first-order chi connectivity index (χ1) is 6.77. The molecule has 3 nitrogen and oxygen atoms in total. The van der Waals surface area contributed by atoms with Crippen LogP contribution in [0.25, 0.3) is 0 Å². The molecule has 0 atom stereocenters. The highest BCUT2D eigenvalue weighted by Crippen LogP contribution is 2.22. The van der Waals surface area contributed by atoms with Crippen LogP contribution < -0.4 is 0 Å². The second-order valence-electron chi connectivity index (χ2n) is 3.74. The second kappa shape index (κ2) is 4.61. The van der Waals surface area contributed by atoms with Crippen LogP contribution in [0.1, 0.15) is 25.0 Å². The first-order valence-corrected chi connectivity index (χ1v) is 6.13. The summed E-state index contributed by atoms with van der Waals surface area (Å²) in [5.41, 5.74) is 1.28. The van der Waals surface area contributed by atoms with Gasteiger partial charge in [-0.1, -0.05) is 0 Å². The van der Waals surface area contributed by atoms with E-state index in [4.69, 9.17) is 4.74 Å². The molecule has 1 aromatic rings. The van der Waals surface area contributed by atoms with E-state index in [0.717, 1.165) is 13.0 Å². The fourth-order valence-electron chi connectivity index (χ4n) is 1.58. The van der Waals surface area contributed by atoms with Crippen LogP contribution in [0.3, 0.4) is 0 Å². The molecule has 0 bridgehead atoms. The molecular formula is C10H15IN2O. The molecule has 0 amide bonds. The monoisotopic (exact) mass is 306 g/mol. The molecular weight excluding hydrogens is 291 g/mol. The minimum atomic E-state index is 0.542. The number of aromatic nitrogens is 2. The minimum Gasteiger partial charge on any atom is -0.378 e. The van der Waals surface area contributed by atoms with Gasteiger partial charge in [-0.15, -0.1) is 0 Å². The molecule has 0 spiro atoms. The number of rotatable bonds is 4. The van der Waals surface area contributed by atoms with Gasteiger partial charge in [0.2, 0.25) is 0 Å². The third kappa shape index (κ3) is 2.28. The van der Waals surface area contributed by atoms with Gasteiger partial charge in [-0.2, -0.15) is 5.10 Å². The van der Waals surface area contributed by atoms with Gasteiger partial charge in [0, 0.05) is 13.5 Å². The average molecular weight is 306 g/mol. The Hall–Kier alpha value is -0.100. The van der Waals surface area contributed by atoms with Gasteiger partial charge >= 0.3 is 0 Å². The van der Waals surface area contributed by atoms with Crippen molar-refractivity contribution in [1.29, 1.82) is 0 Å². The summed E-state index contributed by atoms with van der Waals surface area (Å²) in [6.45, 7) is 0.834. The van der Waals surface area contributed by atoms with Crippen molar-refractivity contribution in [2.75, 3.05) is 6.61 Å². The molecule has 4 heteroatoms. The summed E-state index contributed by atoms with van der Waals surface area (Å²) in [7, 11) is 1.99. The Bertz CT molecular complexity index is 288. The lowest BCUT2D eigenvalue weighted by atomic mass is 9.96. The summed E-state index contributed by atoms with van der Waals surface area (Å²) in [6, 6.07) is 0. The third-order valence-electron chi connectivity index (χ3n) is 2.76. The van der Waals surface area contributed by atoms with Gasteiger partial charge in [0.25, 0.3) is 0 Å². The molecule has 1 fully saturated rings. The van der Waals surface area contributed by atoms with Crippen LogP contribution in [-0.2, 0) is 18.2 Å².